The second kappa shape index (κ2) is 8.80. The summed E-state index contributed by atoms with van der Waals surface area (Å²) in [5.74, 6) is 0.806. The van der Waals surface area contributed by atoms with Crippen LogP contribution >= 0.6 is 0 Å². The molecular weight excluding hydrogens is 264 g/mol. The second-order valence-corrected chi connectivity index (χ2v) is 5.67. The number of carbonyl (C=O) groups is 1. The Bertz CT molecular complexity index is 416. The third-order valence-corrected chi connectivity index (χ3v) is 3.98. The number of benzene rings is 1. The van der Waals surface area contributed by atoms with E-state index in [9.17, 15) is 4.79 Å². The molecule has 1 aliphatic heterocycles. The minimum atomic E-state index is 0.236. The minimum Gasteiger partial charge on any atom is -0.381 e. The van der Waals surface area contributed by atoms with Gasteiger partial charge in [-0.1, -0.05) is 30.3 Å². The van der Waals surface area contributed by atoms with E-state index in [0.29, 0.717) is 18.9 Å². The van der Waals surface area contributed by atoms with Crippen molar-refractivity contribution in [3.8, 4) is 0 Å². The van der Waals surface area contributed by atoms with Crippen LogP contribution in [0.25, 0.3) is 0 Å². The average Bonchev–Trinajstić information content (AvgIpc) is 2.54. The van der Waals surface area contributed by atoms with Crippen molar-refractivity contribution < 1.29 is 9.53 Å². The molecule has 4 nitrogen and oxygen atoms in total. The van der Waals surface area contributed by atoms with Gasteiger partial charge in [0.15, 0.2) is 0 Å². The molecule has 0 atom stereocenters. The standard InChI is InChI=1S/C17H26N2O2/c1-18-10-7-17(20)19(13-15-5-3-2-4-6-15)14-16-8-11-21-12-9-16/h2-6,16,18H,7-14H2,1H3. The molecule has 1 fully saturated rings. The maximum Gasteiger partial charge on any atom is 0.224 e. The van der Waals surface area contributed by atoms with Crippen molar-refractivity contribution in [1.82, 2.24) is 10.2 Å². The van der Waals surface area contributed by atoms with Crippen LogP contribution in [-0.2, 0) is 16.1 Å². The van der Waals surface area contributed by atoms with Gasteiger partial charge in [0.05, 0.1) is 0 Å². The first-order chi connectivity index (χ1) is 10.3. The van der Waals surface area contributed by atoms with E-state index < -0.39 is 0 Å². The number of amides is 1. The molecule has 1 aromatic carbocycles. The highest BCUT2D eigenvalue weighted by Crippen LogP contribution is 2.18. The molecule has 0 bridgehead atoms. The SMILES string of the molecule is CNCCC(=O)N(Cc1ccccc1)CC1CCOCC1. The van der Waals surface area contributed by atoms with Crippen LogP contribution in [0.4, 0.5) is 0 Å². The molecule has 1 saturated heterocycles. The molecule has 1 aliphatic rings. The molecule has 1 N–H and O–H groups in total. The summed E-state index contributed by atoms with van der Waals surface area (Å²) >= 11 is 0. The Kier molecular flexibility index (Phi) is 6.70. The molecule has 1 amide bonds. The second-order valence-electron chi connectivity index (χ2n) is 5.67. The summed E-state index contributed by atoms with van der Waals surface area (Å²) in [4.78, 5) is 14.5. The van der Waals surface area contributed by atoms with E-state index in [1.54, 1.807) is 0 Å². The van der Waals surface area contributed by atoms with Crippen molar-refractivity contribution in [1.29, 1.82) is 0 Å². The maximum atomic E-state index is 12.4. The number of ether oxygens (including phenoxy) is 1. The van der Waals surface area contributed by atoms with Crippen LogP contribution in [0.1, 0.15) is 24.8 Å². The van der Waals surface area contributed by atoms with E-state index in [-0.39, 0.29) is 5.91 Å². The topological polar surface area (TPSA) is 41.6 Å². The molecule has 0 saturated carbocycles. The Hall–Kier alpha value is -1.39. The first-order valence-corrected chi connectivity index (χ1v) is 7.83. The Morgan fingerprint density at radius 1 is 1.29 bits per heavy atom. The summed E-state index contributed by atoms with van der Waals surface area (Å²) in [6.45, 7) is 3.95. The summed E-state index contributed by atoms with van der Waals surface area (Å²) in [5, 5.41) is 3.05. The number of hydrogen-bond donors (Lipinski definition) is 1. The van der Waals surface area contributed by atoms with Crippen molar-refractivity contribution in [3.63, 3.8) is 0 Å². The Balaban J connectivity index is 1.96. The number of rotatable bonds is 7. The van der Waals surface area contributed by atoms with Gasteiger partial charge < -0.3 is 15.0 Å². The van der Waals surface area contributed by atoms with Crippen LogP contribution in [0, 0.1) is 5.92 Å². The largest absolute Gasteiger partial charge is 0.381 e. The summed E-state index contributed by atoms with van der Waals surface area (Å²) in [6.07, 6.45) is 2.68. The fourth-order valence-corrected chi connectivity index (χ4v) is 2.69. The number of nitrogens with zero attached hydrogens (tertiary/aromatic N) is 1. The normalized spacial score (nSPS) is 15.9. The predicted molar refractivity (Wildman–Crippen MR) is 83.9 cm³/mol. The first kappa shape index (κ1) is 16.0. The fourth-order valence-electron chi connectivity index (χ4n) is 2.69. The lowest BCUT2D eigenvalue weighted by Gasteiger charge is -2.30. The smallest absolute Gasteiger partial charge is 0.224 e. The Morgan fingerprint density at radius 2 is 2.00 bits per heavy atom. The molecule has 0 unspecified atom stereocenters. The molecule has 0 radical (unpaired) electrons. The summed E-state index contributed by atoms with van der Waals surface area (Å²) in [6, 6.07) is 10.2. The highest BCUT2D eigenvalue weighted by Gasteiger charge is 2.21. The van der Waals surface area contributed by atoms with Gasteiger partial charge in [0.2, 0.25) is 5.91 Å². The third-order valence-electron chi connectivity index (χ3n) is 3.98. The van der Waals surface area contributed by atoms with Crippen LogP contribution in [0.2, 0.25) is 0 Å². The van der Waals surface area contributed by atoms with E-state index in [0.717, 1.165) is 39.1 Å². The van der Waals surface area contributed by atoms with E-state index in [2.05, 4.69) is 17.4 Å². The Morgan fingerprint density at radius 3 is 2.67 bits per heavy atom. The summed E-state index contributed by atoms with van der Waals surface area (Å²) in [7, 11) is 1.88. The highest BCUT2D eigenvalue weighted by atomic mass is 16.5. The van der Waals surface area contributed by atoms with Gasteiger partial charge in [0.1, 0.15) is 0 Å². The molecule has 0 aliphatic carbocycles. The van der Waals surface area contributed by atoms with Crippen LogP contribution in [0.3, 0.4) is 0 Å². The van der Waals surface area contributed by atoms with Gasteiger partial charge in [-0.2, -0.15) is 0 Å². The van der Waals surface area contributed by atoms with E-state index in [1.807, 2.05) is 30.1 Å². The van der Waals surface area contributed by atoms with Gasteiger partial charge in [-0.15, -0.1) is 0 Å². The van der Waals surface area contributed by atoms with E-state index in [1.165, 1.54) is 5.56 Å². The number of hydrogen-bond acceptors (Lipinski definition) is 3. The fraction of sp³-hybridized carbons (Fsp3) is 0.588. The Labute approximate surface area is 127 Å². The molecule has 0 spiro atoms. The lowest BCUT2D eigenvalue weighted by atomic mass is 9.99. The zero-order valence-electron chi connectivity index (χ0n) is 12.9. The zero-order chi connectivity index (χ0) is 14.9. The summed E-state index contributed by atoms with van der Waals surface area (Å²) < 4.78 is 5.41. The predicted octanol–water partition coefficient (Wildman–Crippen LogP) is 2.05. The van der Waals surface area contributed by atoms with Crippen molar-refractivity contribution >= 4 is 5.91 Å². The number of nitrogens with one attached hydrogen (secondary N) is 1. The van der Waals surface area contributed by atoms with Crippen molar-refractivity contribution in [2.24, 2.45) is 5.92 Å². The van der Waals surface area contributed by atoms with Crippen LogP contribution in [-0.4, -0.2) is 44.2 Å². The molecule has 1 heterocycles. The van der Waals surface area contributed by atoms with E-state index in [4.69, 9.17) is 4.74 Å². The monoisotopic (exact) mass is 290 g/mol. The quantitative estimate of drug-likeness (QED) is 0.835. The van der Waals surface area contributed by atoms with Crippen molar-refractivity contribution in [2.75, 3.05) is 33.4 Å². The molecule has 116 valence electrons. The lowest BCUT2D eigenvalue weighted by Crippen LogP contribution is -2.37. The van der Waals surface area contributed by atoms with Gasteiger partial charge >= 0.3 is 0 Å². The molecule has 4 heteroatoms. The van der Waals surface area contributed by atoms with Crippen LogP contribution in [0.15, 0.2) is 30.3 Å². The molecule has 0 aromatic heterocycles. The number of carbonyl (C=O) groups excluding carboxylic acids is 1. The van der Waals surface area contributed by atoms with Gasteiger partial charge in [-0.05, 0) is 31.4 Å². The average molecular weight is 290 g/mol. The van der Waals surface area contributed by atoms with Gasteiger partial charge in [-0.3, -0.25) is 4.79 Å². The highest BCUT2D eigenvalue weighted by molar-refractivity contribution is 5.76. The first-order valence-electron chi connectivity index (χ1n) is 7.83. The van der Waals surface area contributed by atoms with Crippen molar-refractivity contribution in [2.45, 2.75) is 25.8 Å². The third kappa shape index (κ3) is 5.48. The van der Waals surface area contributed by atoms with Crippen LogP contribution in [0.5, 0.6) is 0 Å². The molecular formula is C17H26N2O2. The van der Waals surface area contributed by atoms with Gasteiger partial charge in [0, 0.05) is 39.3 Å². The molecule has 21 heavy (non-hydrogen) atoms. The van der Waals surface area contributed by atoms with Crippen LogP contribution < -0.4 is 5.32 Å². The lowest BCUT2D eigenvalue weighted by molar-refractivity contribution is -0.132. The van der Waals surface area contributed by atoms with Gasteiger partial charge in [0.25, 0.3) is 0 Å². The summed E-state index contributed by atoms with van der Waals surface area (Å²) in [5.41, 5.74) is 1.20. The molecule has 1 aromatic rings. The van der Waals surface area contributed by atoms with E-state index >= 15 is 0 Å². The minimum absolute atomic E-state index is 0.236. The van der Waals surface area contributed by atoms with Crippen molar-refractivity contribution in [3.05, 3.63) is 35.9 Å². The maximum absolute atomic E-state index is 12.4. The van der Waals surface area contributed by atoms with Gasteiger partial charge in [-0.25, -0.2) is 0 Å². The zero-order valence-corrected chi connectivity index (χ0v) is 12.9. The molecule has 2 rings (SSSR count).